The van der Waals surface area contributed by atoms with E-state index in [-0.39, 0.29) is 23.2 Å². The average Bonchev–Trinajstić information content (AvgIpc) is 3.14. The SMILES string of the molecule is CCn1cc(S(=O)(=O)N2[C@H]3CC[C@H]2CC(Oc2cccnc2)C3)nc1C. The van der Waals surface area contributed by atoms with E-state index >= 15 is 0 Å². The fraction of sp³-hybridized carbons (Fsp3) is 0.556. The Balaban J connectivity index is 1.54. The van der Waals surface area contributed by atoms with Crippen LogP contribution >= 0.6 is 0 Å². The second-order valence-corrected chi connectivity index (χ2v) is 8.82. The quantitative estimate of drug-likeness (QED) is 0.801. The van der Waals surface area contributed by atoms with Gasteiger partial charge in [0.1, 0.15) is 17.7 Å². The molecule has 0 spiro atoms. The zero-order valence-corrected chi connectivity index (χ0v) is 15.9. The third kappa shape index (κ3) is 3.01. The van der Waals surface area contributed by atoms with Crippen LogP contribution in [-0.4, -0.2) is 45.4 Å². The Bertz CT molecular complexity index is 867. The van der Waals surface area contributed by atoms with Gasteiger partial charge in [-0.3, -0.25) is 4.98 Å². The summed E-state index contributed by atoms with van der Waals surface area (Å²) in [6.07, 6.45) is 8.26. The minimum absolute atomic E-state index is 0.0208. The van der Waals surface area contributed by atoms with E-state index in [1.807, 2.05) is 30.5 Å². The standard InChI is InChI=1S/C18H24N4O3S/c1-3-21-12-18(20-13(21)2)26(23,24)22-14-6-7-15(22)10-17(9-14)25-16-5-4-8-19-11-16/h4-5,8,11-12,14-15,17H,3,6-7,9-10H2,1-2H3/t14-,15-/m0/s1. The van der Waals surface area contributed by atoms with Gasteiger partial charge in [0.2, 0.25) is 0 Å². The molecule has 4 heterocycles. The molecule has 7 nitrogen and oxygen atoms in total. The zero-order chi connectivity index (χ0) is 18.3. The number of imidazole rings is 1. The summed E-state index contributed by atoms with van der Waals surface area (Å²) in [4.78, 5) is 8.38. The van der Waals surface area contributed by atoms with Crippen LogP contribution in [0.3, 0.4) is 0 Å². The maximum Gasteiger partial charge on any atom is 0.262 e. The van der Waals surface area contributed by atoms with Crippen molar-refractivity contribution in [2.24, 2.45) is 0 Å². The van der Waals surface area contributed by atoms with E-state index in [1.54, 1.807) is 22.9 Å². The summed E-state index contributed by atoms with van der Waals surface area (Å²) in [5.74, 6) is 1.47. The Labute approximate surface area is 154 Å². The lowest BCUT2D eigenvalue weighted by atomic mass is 10.0. The average molecular weight is 376 g/mol. The number of sulfonamides is 1. The second-order valence-electron chi connectivity index (χ2n) is 7.03. The van der Waals surface area contributed by atoms with E-state index in [2.05, 4.69) is 9.97 Å². The van der Waals surface area contributed by atoms with Crippen molar-refractivity contribution >= 4 is 10.0 Å². The van der Waals surface area contributed by atoms with Crippen LogP contribution in [0.4, 0.5) is 0 Å². The van der Waals surface area contributed by atoms with Crippen LogP contribution in [0.1, 0.15) is 38.4 Å². The van der Waals surface area contributed by atoms with Crippen LogP contribution in [0.2, 0.25) is 0 Å². The van der Waals surface area contributed by atoms with Gasteiger partial charge in [-0.1, -0.05) is 0 Å². The van der Waals surface area contributed by atoms with Crippen molar-refractivity contribution in [2.75, 3.05) is 0 Å². The molecule has 2 bridgehead atoms. The van der Waals surface area contributed by atoms with Gasteiger partial charge in [0, 0.05) is 43.9 Å². The molecule has 26 heavy (non-hydrogen) atoms. The van der Waals surface area contributed by atoms with E-state index in [0.717, 1.165) is 24.4 Å². The highest BCUT2D eigenvalue weighted by atomic mass is 32.2. The second kappa shape index (κ2) is 6.66. The Morgan fingerprint density at radius 2 is 2.00 bits per heavy atom. The summed E-state index contributed by atoms with van der Waals surface area (Å²) in [6, 6.07) is 3.69. The molecule has 0 amide bonds. The maximum atomic E-state index is 13.2. The van der Waals surface area contributed by atoms with Crippen molar-refractivity contribution in [1.29, 1.82) is 0 Å². The van der Waals surface area contributed by atoms with E-state index in [1.165, 1.54) is 0 Å². The van der Waals surface area contributed by atoms with Crippen LogP contribution in [-0.2, 0) is 16.6 Å². The van der Waals surface area contributed by atoms with Crippen molar-refractivity contribution in [1.82, 2.24) is 18.8 Å². The number of pyridine rings is 1. The summed E-state index contributed by atoms with van der Waals surface area (Å²) < 4.78 is 36.0. The van der Waals surface area contributed by atoms with Gasteiger partial charge < -0.3 is 9.30 Å². The molecule has 2 aromatic heterocycles. The number of fused-ring (bicyclic) bond motifs is 2. The maximum absolute atomic E-state index is 13.2. The molecule has 2 aliphatic rings. The normalized spacial score (nSPS) is 26.2. The van der Waals surface area contributed by atoms with E-state index in [4.69, 9.17) is 4.74 Å². The van der Waals surface area contributed by atoms with Gasteiger partial charge in [0.05, 0.1) is 6.20 Å². The van der Waals surface area contributed by atoms with Gasteiger partial charge in [-0.15, -0.1) is 0 Å². The monoisotopic (exact) mass is 376 g/mol. The molecule has 2 aliphatic heterocycles. The first kappa shape index (κ1) is 17.5. The van der Waals surface area contributed by atoms with Gasteiger partial charge in [-0.05, 0) is 38.8 Å². The van der Waals surface area contributed by atoms with Crippen LogP contribution in [0.25, 0.3) is 0 Å². The summed E-state index contributed by atoms with van der Waals surface area (Å²) in [5, 5.41) is 0.167. The minimum Gasteiger partial charge on any atom is -0.489 e. The molecule has 0 unspecified atom stereocenters. The molecule has 4 rings (SSSR count). The van der Waals surface area contributed by atoms with Gasteiger partial charge in [0.25, 0.3) is 10.0 Å². The van der Waals surface area contributed by atoms with Crippen molar-refractivity contribution in [3.05, 3.63) is 36.5 Å². The molecule has 2 saturated heterocycles. The molecule has 2 atom stereocenters. The van der Waals surface area contributed by atoms with Crippen LogP contribution in [0.5, 0.6) is 5.75 Å². The van der Waals surface area contributed by atoms with Gasteiger partial charge >= 0.3 is 0 Å². The summed E-state index contributed by atoms with van der Waals surface area (Å²) in [6.45, 7) is 4.53. The largest absolute Gasteiger partial charge is 0.489 e. The van der Waals surface area contributed by atoms with Crippen LogP contribution in [0, 0.1) is 6.92 Å². The first-order chi connectivity index (χ1) is 12.5. The lowest BCUT2D eigenvalue weighted by Gasteiger charge is -2.37. The van der Waals surface area contributed by atoms with E-state index in [9.17, 15) is 8.42 Å². The van der Waals surface area contributed by atoms with Crippen molar-refractivity contribution in [3.8, 4) is 5.75 Å². The van der Waals surface area contributed by atoms with Crippen LogP contribution in [0.15, 0.2) is 35.7 Å². The predicted molar refractivity (Wildman–Crippen MR) is 96.4 cm³/mol. The molecule has 0 aromatic carbocycles. The van der Waals surface area contributed by atoms with Crippen molar-refractivity contribution < 1.29 is 13.2 Å². The third-order valence-electron chi connectivity index (χ3n) is 5.40. The molecule has 2 aromatic rings. The predicted octanol–water partition coefficient (Wildman–Crippen LogP) is 2.37. The number of ether oxygens (including phenoxy) is 1. The molecular formula is C18H24N4O3S. The highest BCUT2D eigenvalue weighted by Gasteiger charge is 2.48. The lowest BCUT2D eigenvalue weighted by molar-refractivity contribution is 0.0952. The number of piperidine rings is 1. The fourth-order valence-electron chi connectivity index (χ4n) is 4.21. The van der Waals surface area contributed by atoms with E-state index < -0.39 is 10.0 Å². The summed E-state index contributed by atoms with van der Waals surface area (Å²) in [7, 11) is -3.57. The smallest absolute Gasteiger partial charge is 0.262 e. The highest BCUT2D eigenvalue weighted by Crippen LogP contribution is 2.40. The molecular weight excluding hydrogens is 352 g/mol. The first-order valence-corrected chi connectivity index (χ1v) is 10.6. The lowest BCUT2D eigenvalue weighted by Crippen LogP contribution is -2.49. The van der Waals surface area contributed by atoms with Gasteiger partial charge in [-0.2, -0.15) is 4.31 Å². The number of aryl methyl sites for hydroxylation is 2. The molecule has 2 fully saturated rings. The Kier molecular flexibility index (Phi) is 4.48. The number of aromatic nitrogens is 3. The summed E-state index contributed by atoms with van der Waals surface area (Å²) in [5.41, 5.74) is 0. The first-order valence-electron chi connectivity index (χ1n) is 9.13. The number of nitrogens with zero attached hydrogens (tertiary/aromatic N) is 4. The molecule has 8 heteroatoms. The molecule has 0 saturated carbocycles. The molecule has 0 aliphatic carbocycles. The minimum atomic E-state index is -3.57. The topological polar surface area (TPSA) is 77.3 Å². The van der Waals surface area contributed by atoms with Crippen molar-refractivity contribution in [3.63, 3.8) is 0 Å². The Hall–Kier alpha value is -1.93. The van der Waals surface area contributed by atoms with E-state index in [0.29, 0.717) is 19.4 Å². The summed E-state index contributed by atoms with van der Waals surface area (Å²) >= 11 is 0. The third-order valence-corrected chi connectivity index (χ3v) is 7.27. The molecule has 0 radical (unpaired) electrons. The zero-order valence-electron chi connectivity index (χ0n) is 15.1. The molecule has 0 N–H and O–H groups in total. The number of hydrogen-bond donors (Lipinski definition) is 0. The number of rotatable bonds is 5. The van der Waals surface area contributed by atoms with Gasteiger partial charge in [-0.25, -0.2) is 13.4 Å². The number of hydrogen-bond acceptors (Lipinski definition) is 5. The molecule has 140 valence electrons. The van der Waals surface area contributed by atoms with Gasteiger partial charge in [0.15, 0.2) is 5.03 Å². The van der Waals surface area contributed by atoms with Crippen molar-refractivity contribution in [2.45, 2.75) is 69.3 Å². The van der Waals surface area contributed by atoms with Crippen LogP contribution < -0.4 is 4.74 Å². The Morgan fingerprint density at radius 3 is 2.58 bits per heavy atom. The highest BCUT2D eigenvalue weighted by molar-refractivity contribution is 7.89. The fourth-order valence-corrected chi connectivity index (χ4v) is 6.11. The Morgan fingerprint density at radius 1 is 1.27 bits per heavy atom.